The molecule has 1 aromatic carbocycles. The molecule has 4 nitrogen and oxygen atoms in total. The lowest BCUT2D eigenvalue weighted by atomic mass is 10.0. The van der Waals surface area contributed by atoms with E-state index in [1.54, 1.807) is 18.2 Å². The first-order valence-corrected chi connectivity index (χ1v) is 8.48. The molecule has 5 heteroatoms. The number of benzene rings is 1. The number of anilines is 1. The summed E-state index contributed by atoms with van der Waals surface area (Å²) in [6, 6.07) is 6.99. The van der Waals surface area contributed by atoms with Crippen molar-refractivity contribution in [2.75, 3.05) is 11.9 Å². The molecule has 0 unspecified atom stereocenters. The highest BCUT2D eigenvalue weighted by atomic mass is 32.2. The van der Waals surface area contributed by atoms with Crippen LogP contribution in [0.15, 0.2) is 29.2 Å². The molecule has 0 radical (unpaired) electrons. The van der Waals surface area contributed by atoms with Crippen LogP contribution in [0.5, 0.6) is 0 Å². The molecule has 0 amide bonds. The highest BCUT2D eigenvalue weighted by Gasteiger charge is 2.66. The van der Waals surface area contributed by atoms with Crippen molar-refractivity contribution in [3.8, 4) is 0 Å². The molecule has 1 aromatic rings. The first-order valence-electron chi connectivity index (χ1n) is 7.00. The highest BCUT2D eigenvalue weighted by molar-refractivity contribution is 7.89. The lowest BCUT2D eigenvalue weighted by molar-refractivity contribution is 0.457. The number of nitrogens with one attached hydrogen (secondary N) is 2. The second kappa shape index (κ2) is 4.74. The normalized spacial score (nSPS) is 20.6. The molecule has 1 fully saturated rings. The van der Waals surface area contributed by atoms with Crippen molar-refractivity contribution in [2.45, 2.75) is 45.6 Å². The standard InChI is InChI=1S/C15H24N2O2S/c1-6-16-11-9-7-8-10-12(11)20(18,19)17-13-14(2,3)15(13,4)5/h7-10,13,16-17H,6H2,1-5H3. The smallest absolute Gasteiger partial charge is 0.242 e. The molecule has 1 aliphatic carbocycles. The molecule has 1 saturated carbocycles. The summed E-state index contributed by atoms with van der Waals surface area (Å²) in [5.74, 6) is 0. The van der Waals surface area contributed by atoms with E-state index in [4.69, 9.17) is 0 Å². The summed E-state index contributed by atoms with van der Waals surface area (Å²) in [7, 11) is -3.50. The van der Waals surface area contributed by atoms with Gasteiger partial charge in [0.25, 0.3) is 0 Å². The van der Waals surface area contributed by atoms with Gasteiger partial charge in [-0.3, -0.25) is 0 Å². The highest BCUT2D eigenvalue weighted by Crippen LogP contribution is 2.63. The Bertz CT molecular complexity index is 592. The minimum absolute atomic E-state index is 0.0206. The predicted octanol–water partition coefficient (Wildman–Crippen LogP) is 2.83. The average molecular weight is 296 g/mol. The molecule has 20 heavy (non-hydrogen) atoms. The maximum absolute atomic E-state index is 12.6. The van der Waals surface area contributed by atoms with Gasteiger partial charge < -0.3 is 5.32 Å². The van der Waals surface area contributed by atoms with Crippen LogP contribution in [0, 0.1) is 10.8 Å². The van der Waals surface area contributed by atoms with Gasteiger partial charge >= 0.3 is 0 Å². The monoisotopic (exact) mass is 296 g/mol. The summed E-state index contributed by atoms with van der Waals surface area (Å²) in [6.07, 6.45) is 0. The SMILES string of the molecule is CCNc1ccccc1S(=O)(=O)NC1C(C)(C)C1(C)C. The van der Waals surface area contributed by atoms with E-state index in [9.17, 15) is 8.42 Å². The number of sulfonamides is 1. The van der Waals surface area contributed by atoms with Gasteiger partial charge in [-0.05, 0) is 29.9 Å². The predicted molar refractivity (Wildman–Crippen MR) is 82.3 cm³/mol. The minimum Gasteiger partial charge on any atom is -0.384 e. The topological polar surface area (TPSA) is 58.2 Å². The van der Waals surface area contributed by atoms with Crippen molar-refractivity contribution in [2.24, 2.45) is 10.8 Å². The summed E-state index contributed by atoms with van der Waals surface area (Å²) < 4.78 is 28.1. The Morgan fingerprint density at radius 3 is 2.15 bits per heavy atom. The summed E-state index contributed by atoms with van der Waals surface area (Å²) >= 11 is 0. The van der Waals surface area contributed by atoms with Crippen LogP contribution in [0.25, 0.3) is 0 Å². The van der Waals surface area contributed by atoms with Gasteiger partial charge in [0.15, 0.2) is 0 Å². The third kappa shape index (κ3) is 2.33. The molecule has 0 atom stereocenters. The molecule has 0 aliphatic heterocycles. The Kier molecular flexibility index (Phi) is 3.63. The fraction of sp³-hybridized carbons (Fsp3) is 0.600. The molecular weight excluding hydrogens is 272 g/mol. The van der Waals surface area contributed by atoms with Crippen LogP contribution in [-0.2, 0) is 10.0 Å². The van der Waals surface area contributed by atoms with Crippen molar-refractivity contribution >= 4 is 15.7 Å². The third-order valence-electron chi connectivity index (χ3n) is 4.84. The maximum atomic E-state index is 12.6. The first kappa shape index (κ1) is 15.3. The third-order valence-corrected chi connectivity index (χ3v) is 6.32. The van der Waals surface area contributed by atoms with Crippen molar-refractivity contribution in [3.05, 3.63) is 24.3 Å². The average Bonchev–Trinajstić information content (AvgIpc) is 2.72. The van der Waals surface area contributed by atoms with E-state index in [0.717, 1.165) is 0 Å². The molecule has 0 saturated heterocycles. The lowest BCUT2D eigenvalue weighted by Gasteiger charge is -2.13. The van der Waals surface area contributed by atoms with Crippen molar-refractivity contribution in [1.82, 2.24) is 4.72 Å². The van der Waals surface area contributed by atoms with E-state index in [1.807, 2.05) is 13.0 Å². The van der Waals surface area contributed by atoms with E-state index < -0.39 is 10.0 Å². The molecular formula is C15H24N2O2S. The summed E-state index contributed by atoms with van der Waals surface area (Å²) in [6.45, 7) is 11.0. The van der Waals surface area contributed by atoms with E-state index >= 15 is 0 Å². The Hall–Kier alpha value is -1.07. The van der Waals surface area contributed by atoms with Gasteiger partial charge in [-0.1, -0.05) is 39.8 Å². The van der Waals surface area contributed by atoms with Crippen LogP contribution in [0.4, 0.5) is 5.69 Å². The van der Waals surface area contributed by atoms with E-state index in [0.29, 0.717) is 17.1 Å². The molecule has 0 spiro atoms. The molecule has 112 valence electrons. The van der Waals surface area contributed by atoms with Gasteiger partial charge in [0.1, 0.15) is 4.90 Å². The zero-order valence-corrected chi connectivity index (χ0v) is 13.6. The second-order valence-electron chi connectivity index (χ2n) is 6.52. The van der Waals surface area contributed by atoms with E-state index in [-0.39, 0.29) is 16.9 Å². The Labute approximate surface area is 122 Å². The van der Waals surface area contributed by atoms with Crippen molar-refractivity contribution in [3.63, 3.8) is 0 Å². The number of hydrogen-bond acceptors (Lipinski definition) is 3. The zero-order valence-electron chi connectivity index (χ0n) is 12.8. The van der Waals surface area contributed by atoms with Crippen LogP contribution >= 0.6 is 0 Å². The zero-order chi connectivity index (χ0) is 15.2. The summed E-state index contributed by atoms with van der Waals surface area (Å²) in [5, 5.41) is 3.10. The fourth-order valence-electron chi connectivity index (χ4n) is 2.75. The van der Waals surface area contributed by atoms with Gasteiger partial charge in [0.2, 0.25) is 10.0 Å². The summed E-state index contributed by atoms with van der Waals surface area (Å²) in [5.41, 5.74) is 0.610. The maximum Gasteiger partial charge on any atom is 0.242 e. The second-order valence-corrected chi connectivity index (χ2v) is 8.21. The van der Waals surface area contributed by atoms with Crippen LogP contribution < -0.4 is 10.0 Å². The Morgan fingerprint density at radius 1 is 1.10 bits per heavy atom. The minimum atomic E-state index is -3.50. The van der Waals surface area contributed by atoms with Gasteiger partial charge in [-0.25, -0.2) is 13.1 Å². The first-order chi connectivity index (χ1) is 9.14. The molecule has 1 aliphatic rings. The quantitative estimate of drug-likeness (QED) is 0.878. The fourth-order valence-corrected chi connectivity index (χ4v) is 4.46. The van der Waals surface area contributed by atoms with Gasteiger partial charge in [-0.2, -0.15) is 0 Å². The van der Waals surface area contributed by atoms with E-state index in [1.165, 1.54) is 0 Å². The van der Waals surface area contributed by atoms with Gasteiger partial charge in [0.05, 0.1) is 5.69 Å². The van der Waals surface area contributed by atoms with E-state index in [2.05, 4.69) is 37.7 Å². The molecule has 0 heterocycles. The molecule has 2 N–H and O–H groups in total. The van der Waals surface area contributed by atoms with Crippen LogP contribution in [-0.4, -0.2) is 21.0 Å². The van der Waals surface area contributed by atoms with Crippen LogP contribution in [0.2, 0.25) is 0 Å². The van der Waals surface area contributed by atoms with Gasteiger partial charge in [-0.15, -0.1) is 0 Å². The van der Waals surface area contributed by atoms with Crippen LogP contribution in [0.1, 0.15) is 34.6 Å². The lowest BCUT2D eigenvalue weighted by Crippen LogP contribution is -2.30. The molecule has 2 rings (SSSR count). The molecule has 0 bridgehead atoms. The largest absolute Gasteiger partial charge is 0.384 e. The Morgan fingerprint density at radius 2 is 1.65 bits per heavy atom. The van der Waals surface area contributed by atoms with Gasteiger partial charge in [0, 0.05) is 12.6 Å². The number of hydrogen-bond donors (Lipinski definition) is 2. The Balaban J connectivity index is 2.29. The van der Waals surface area contributed by atoms with Crippen molar-refractivity contribution < 1.29 is 8.42 Å². The van der Waals surface area contributed by atoms with Crippen molar-refractivity contribution in [1.29, 1.82) is 0 Å². The number of para-hydroxylation sites is 1. The number of rotatable bonds is 5. The molecule has 0 aromatic heterocycles. The van der Waals surface area contributed by atoms with Crippen LogP contribution in [0.3, 0.4) is 0 Å². The summed E-state index contributed by atoms with van der Waals surface area (Å²) in [4.78, 5) is 0.320.